The molecular weight excluding hydrogens is 535 g/mol. The minimum absolute atomic E-state index is 0.0806. The average Bonchev–Trinajstić information content (AvgIpc) is 3.14. The van der Waals surface area contributed by atoms with E-state index in [1.807, 2.05) is 30.3 Å². The Balaban J connectivity index is 1.77. The lowest BCUT2D eigenvalue weighted by Crippen LogP contribution is -2.16. The maximum atomic E-state index is 12.1. The predicted octanol–water partition coefficient (Wildman–Crippen LogP) is 6.54. The number of halogens is 6. The van der Waals surface area contributed by atoms with Crippen LogP contribution in [-0.2, 0) is 30.1 Å². The fourth-order valence-electron chi connectivity index (χ4n) is 2.28. The molecule has 0 spiro atoms. The van der Waals surface area contributed by atoms with Crippen molar-refractivity contribution in [2.75, 3.05) is 0 Å². The van der Waals surface area contributed by atoms with Gasteiger partial charge >= 0.3 is 5.97 Å². The van der Waals surface area contributed by atoms with E-state index in [1.54, 1.807) is 11.4 Å². The van der Waals surface area contributed by atoms with E-state index in [1.165, 1.54) is 11.3 Å². The van der Waals surface area contributed by atoms with E-state index < -0.39 is 7.59 Å². The van der Waals surface area contributed by atoms with Crippen molar-refractivity contribution in [2.45, 2.75) is 20.6 Å². The first-order chi connectivity index (χ1) is 14.0. The molecule has 0 saturated heterocycles. The Morgan fingerprint density at radius 1 is 0.933 bits per heavy atom. The van der Waals surface area contributed by atoms with Gasteiger partial charge in [0.25, 0.3) is 0 Å². The van der Waals surface area contributed by atoms with Crippen molar-refractivity contribution in [3.63, 3.8) is 0 Å². The lowest BCUT2D eigenvalue weighted by atomic mass is 10.2. The van der Waals surface area contributed by atoms with Crippen LogP contribution in [0, 0.1) is 0 Å². The van der Waals surface area contributed by atoms with Crippen LogP contribution in [0.4, 0.5) is 0 Å². The third-order valence-corrected chi connectivity index (χ3v) is 5.57. The molecule has 0 radical (unpaired) electrons. The maximum absolute atomic E-state index is 12.1. The second-order valence-electron chi connectivity index (χ2n) is 5.93. The largest absolute Gasteiger partial charge is 0.461 e. The predicted molar refractivity (Wildman–Crippen MR) is 122 cm³/mol. The average molecular weight is 546 g/mol. The monoisotopic (exact) mass is 543 g/mol. The van der Waals surface area contributed by atoms with Gasteiger partial charge in [-0.2, -0.15) is 0 Å². The molecule has 158 valence electrons. The van der Waals surface area contributed by atoms with Crippen molar-refractivity contribution in [1.82, 2.24) is 15.0 Å². The second kappa shape index (κ2) is 9.74. The Bertz CT molecular complexity index is 1000. The van der Waals surface area contributed by atoms with Gasteiger partial charge in [0.15, 0.2) is 17.5 Å². The molecule has 2 heterocycles. The smallest absolute Gasteiger partial charge is 0.311 e. The Kier molecular flexibility index (Phi) is 7.72. The van der Waals surface area contributed by atoms with Crippen LogP contribution in [-0.4, -0.2) is 20.9 Å². The molecule has 5 nitrogen and oxygen atoms in total. The summed E-state index contributed by atoms with van der Waals surface area (Å²) in [7, 11) is 0. The number of alkyl halides is 6. The Labute approximate surface area is 206 Å². The zero-order valence-electron chi connectivity index (χ0n) is 14.8. The van der Waals surface area contributed by atoms with Gasteiger partial charge in [-0.1, -0.05) is 99.9 Å². The SMILES string of the molecule is O=C(Cc1cc(-c2nc(C(Cl)(Cl)Cl)nc(C(Cl)(Cl)Cl)n2)cs1)OCc1ccccc1. The molecular formula is C18H11Cl6N3O2S. The zero-order valence-corrected chi connectivity index (χ0v) is 20.1. The lowest BCUT2D eigenvalue weighted by molar-refractivity contribution is -0.144. The minimum Gasteiger partial charge on any atom is -0.461 e. The highest BCUT2D eigenvalue weighted by Gasteiger charge is 2.34. The standard InChI is InChI=1S/C18H11Cl6N3O2S/c19-17(20,21)15-25-14(26-16(27-15)18(22,23)24)11-6-12(30-9-11)7-13(28)29-8-10-4-2-1-3-5-10/h1-6,9H,7-8H2. The Morgan fingerprint density at radius 3 is 2.10 bits per heavy atom. The van der Waals surface area contributed by atoms with Gasteiger partial charge in [0.05, 0.1) is 6.42 Å². The topological polar surface area (TPSA) is 65.0 Å². The summed E-state index contributed by atoms with van der Waals surface area (Å²) in [5, 5.41) is 1.74. The number of hydrogen-bond acceptors (Lipinski definition) is 6. The third-order valence-electron chi connectivity index (χ3n) is 3.62. The summed E-state index contributed by atoms with van der Waals surface area (Å²) in [5.74, 6) is -0.595. The fraction of sp³-hybridized carbons (Fsp3) is 0.222. The Hall–Kier alpha value is -0.860. The van der Waals surface area contributed by atoms with E-state index in [0.29, 0.717) is 5.56 Å². The molecule has 0 amide bonds. The summed E-state index contributed by atoms with van der Waals surface area (Å²) in [6.07, 6.45) is 0.0806. The van der Waals surface area contributed by atoms with Crippen LogP contribution in [0.15, 0.2) is 41.8 Å². The van der Waals surface area contributed by atoms with Gasteiger partial charge in [0, 0.05) is 15.8 Å². The van der Waals surface area contributed by atoms with E-state index in [0.717, 1.165) is 10.4 Å². The molecule has 3 rings (SSSR count). The van der Waals surface area contributed by atoms with Gasteiger partial charge in [0.1, 0.15) is 6.61 Å². The number of thiophene rings is 1. The molecule has 0 aliphatic carbocycles. The highest BCUT2D eigenvalue weighted by Crippen LogP contribution is 2.41. The highest BCUT2D eigenvalue weighted by molar-refractivity contribution is 7.10. The van der Waals surface area contributed by atoms with E-state index in [-0.39, 0.29) is 36.5 Å². The van der Waals surface area contributed by atoms with Crippen LogP contribution in [0.25, 0.3) is 11.4 Å². The van der Waals surface area contributed by atoms with Crippen molar-refractivity contribution in [1.29, 1.82) is 0 Å². The van der Waals surface area contributed by atoms with Crippen molar-refractivity contribution in [3.05, 3.63) is 63.9 Å². The van der Waals surface area contributed by atoms with Crippen molar-refractivity contribution >= 4 is 86.9 Å². The summed E-state index contributed by atoms with van der Waals surface area (Å²) >= 11 is 36.7. The first-order valence-corrected chi connectivity index (χ1v) is 11.3. The molecule has 0 bridgehead atoms. The lowest BCUT2D eigenvalue weighted by Gasteiger charge is -2.15. The Morgan fingerprint density at radius 2 is 1.53 bits per heavy atom. The van der Waals surface area contributed by atoms with E-state index in [9.17, 15) is 4.79 Å². The maximum Gasteiger partial charge on any atom is 0.311 e. The van der Waals surface area contributed by atoms with Crippen LogP contribution in [0.3, 0.4) is 0 Å². The zero-order chi connectivity index (χ0) is 21.9. The van der Waals surface area contributed by atoms with Crippen molar-refractivity contribution in [2.24, 2.45) is 0 Å². The van der Waals surface area contributed by atoms with E-state index in [2.05, 4.69) is 15.0 Å². The molecule has 3 aromatic rings. The van der Waals surface area contributed by atoms with Crippen LogP contribution in [0.2, 0.25) is 0 Å². The van der Waals surface area contributed by atoms with Gasteiger partial charge in [-0.15, -0.1) is 11.3 Å². The van der Waals surface area contributed by atoms with Gasteiger partial charge in [-0.3, -0.25) is 4.79 Å². The normalized spacial score (nSPS) is 12.1. The number of hydrogen-bond donors (Lipinski definition) is 0. The summed E-state index contributed by atoms with van der Waals surface area (Å²) < 4.78 is 1.41. The van der Waals surface area contributed by atoms with Crippen LogP contribution >= 0.6 is 80.9 Å². The molecule has 0 fully saturated rings. The summed E-state index contributed by atoms with van der Waals surface area (Å²) in [5.41, 5.74) is 1.46. The number of benzene rings is 1. The third kappa shape index (κ3) is 6.57. The summed E-state index contributed by atoms with van der Waals surface area (Å²) in [6.45, 7) is 0.199. The van der Waals surface area contributed by atoms with Crippen molar-refractivity contribution in [3.8, 4) is 11.4 Å². The number of ether oxygens (including phenoxy) is 1. The van der Waals surface area contributed by atoms with Crippen LogP contribution in [0.5, 0.6) is 0 Å². The number of carbonyl (C=O) groups is 1. The molecule has 0 unspecified atom stereocenters. The van der Waals surface area contributed by atoms with Crippen LogP contribution in [0.1, 0.15) is 22.1 Å². The number of carbonyl (C=O) groups excluding carboxylic acids is 1. The van der Waals surface area contributed by atoms with Crippen LogP contribution < -0.4 is 0 Å². The van der Waals surface area contributed by atoms with E-state index >= 15 is 0 Å². The van der Waals surface area contributed by atoms with E-state index in [4.69, 9.17) is 74.3 Å². The van der Waals surface area contributed by atoms with Crippen molar-refractivity contribution < 1.29 is 9.53 Å². The number of rotatable bonds is 5. The van der Waals surface area contributed by atoms with Gasteiger partial charge in [-0.05, 0) is 11.6 Å². The van der Waals surface area contributed by atoms with Gasteiger partial charge in [0.2, 0.25) is 7.59 Å². The number of nitrogens with zero attached hydrogens (tertiary/aromatic N) is 3. The minimum atomic E-state index is -1.94. The molecule has 0 N–H and O–H groups in total. The summed E-state index contributed by atoms with van der Waals surface area (Å²) in [4.78, 5) is 25.1. The molecule has 0 saturated carbocycles. The highest BCUT2D eigenvalue weighted by atomic mass is 35.6. The number of esters is 1. The fourth-order valence-corrected chi connectivity index (χ4v) is 3.64. The molecule has 30 heavy (non-hydrogen) atoms. The molecule has 0 atom stereocenters. The number of aromatic nitrogens is 3. The molecule has 1 aromatic carbocycles. The molecule has 0 aliphatic heterocycles. The first-order valence-electron chi connectivity index (χ1n) is 8.20. The molecule has 12 heteroatoms. The van der Waals surface area contributed by atoms with Gasteiger partial charge in [-0.25, -0.2) is 15.0 Å². The summed E-state index contributed by atoms with van der Waals surface area (Å²) in [6, 6.07) is 11.1. The molecule has 2 aromatic heterocycles. The second-order valence-corrected chi connectivity index (χ2v) is 11.5. The molecule has 0 aliphatic rings. The quantitative estimate of drug-likeness (QED) is 0.269. The first kappa shape index (κ1) is 23.8. The van der Waals surface area contributed by atoms with Gasteiger partial charge < -0.3 is 4.74 Å².